The highest BCUT2D eigenvalue weighted by Gasteiger charge is 2.19. The molecule has 0 bridgehead atoms. The standard InChI is InChI=1S/C14H13N3O4/c18-14(19)16-5-1-2-9(8-16)12-7-15-13-4-3-10(17(20)21)6-11(12)13/h3-4,6-8,15H,1-2,5H2,(H,18,19). The number of aromatic nitrogens is 1. The number of nitrogens with zero attached hydrogens (tertiary/aromatic N) is 2. The van der Waals surface area contributed by atoms with E-state index in [2.05, 4.69) is 4.98 Å². The van der Waals surface area contributed by atoms with Gasteiger partial charge in [-0.15, -0.1) is 0 Å². The summed E-state index contributed by atoms with van der Waals surface area (Å²) in [5.41, 5.74) is 2.51. The third-order valence-corrected chi connectivity index (χ3v) is 3.62. The lowest BCUT2D eigenvalue weighted by Gasteiger charge is -2.22. The second-order valence-electron chi connectivity index (χ2n) is 4.92. The van der Waals surface area contributed by atoms with Crippen LogP contribution in [0.1, 0.15) is 18.4 Å². The van der Waals surface area contributed by atoms with E-state index in [1.807, 2.05) is 0 Å². The van der Waals surface area contributed by atoms with Crippen molar-refractivity contribution in [1.29, 1.82) is 0 Å². The number of carboxylic acid groups (broad SMARTS) is 1. The molecule has 1 aromatic carbocycles. The number of carbonyl (C=O) groups is 1. The van der Waals surface area contributed by atoms with Gasteiger partial charge in [0.15, 0.2) is 0 Å². The topological polar surface area (TPSA) is 99.5 Å². The van der Waals surface area contributed by atoms with E-state index >= 15 is 0 Å². The van der Waals surface area contributed by atoms with Crippen molar-refractivity contribution < 1.29 is 14.8 Å². The van der Waals surface area contributed by atoms with Crippen LogP contribution in [0.15, 0.2) is 30.6 Å². The summed E-state index contributed by atoms with van der Waals surface area (Å²) in [5, 5.41) is 20.7. The van der Waals surface area contributed by atoms with Crippen LogP contribution in [0.2, 0.25) is 0 Å². The number of H-pyrrole nitrogens is 1. The Hall–Kier alpha value is -2.83. The van der Waals surface area contributed by atoms with Gasteiger partial charge in [-0.3, -0.25) is 15.0 Å². The zero-order valence-corrected chi connectivity index (χ0v) is 11.1. The minimum Gasteiger partial charge on any atom is -0.465 e. The molecule has 2 heterocycles. The molecule has 1 aliphatic heterocycles. The first-order chi connectivity index (χ1) is 10.1. The molecule has 0 saturated carbocycles. The molecule has 0 radical (unpaired) electrons. The van der Waals surface area contributed by atoms with E-state index in [9.17, 15) is 14.9 Å². The number of hydrogen-bond donors (Lipinski definition) is 2. The number of nitro benzene ring substituents is 1. The van der Waals surface area contributed by atoms with Crippen molar-refractivity contribution in [2.24, 2.45) is 0 Å². The third kappa shape index (κ3) is 2.33. The first-order valence-corrected chi connectivity index (χ1v) is 6.52. The van der Waals surface area contributed by atoms with Crippen LogP contribution >= 0.6 is 0 Å². The van der Waals surface area contributed by atoms with Crippen LogP contribution in [0, 0.1) is 10.1 Å². The Morgan fingerprint density at radius 2 is 2.24 bits per heavy atom. The molecule has 0 atom stereocenters. The van der Waals surface area contributed by atoms with Crippen molar-refractivity contribution in [1.82, 2.24) is 9.88 Å². The lowest BCUT2D eigenvalue weighted by atomic mass is 9.98. The molecular formula is C14H13N3O4. The predicted molar refractivity (Wildman–Crippen MR) is 76.9 cm³/mol. The molecule has 3 rings (SSSR count). The number of aromatic amines is 1. The largest absolute Gasteiger partial charge is 0.465 e. The van der Waals surface area contributed by atoms with Gasteiger partial charge in [-0.25, -0.2) is 4.79 Å². The van der Waals surface area contributed by atoms with Gasteiger partial charge < -0.3 is 10.1 Å². The molecule has 108 valence electrons. The lowest BCUT2D eigenvalue weighted by molar-refractivity contribution is -0.384. The average molecular weight is 287 g/mol. The van der Waals surface area contributed by atoms with E-state index in [0.717, 1.165) is 34.9 Å². The molecule has 1 aromatic heterocycles. The van der Waals surface area contributed by atoms with Gasteiger partial charge in [0, 0.05) is 47.5 Å². The number of amides is 1. The second kappa shape index (κ2) is 4.93. The van der Waals surface area contributed by atoms with E-state index in [0.29, 0.717) is 6.54 Å². The minimum absolute atomic E-state index is 0.0230. The van der Waals surface area contributed by atoms with Crippen LogP contribution in [-0.2, 0) is 0 Å². The number of nitro groups is 1. The van der Waals surface area contributed by atoms with E-state index in [1.165, 1.54) is 17.0 Å². The summed E-state index contributed by atoms with van der Waals surface area (Å²) >= 11 is 0. The Morgan fingerprint density at radius 1 is 1.43 bits per heavy atom. The summed E-state index contributed by atoms with van der Waals surface area (Å²) in [7, 11) is 0. The fourth-order valence-electron chi connectivity index (χ4n) is 2.60. The van der Waals surface area contributed by atoms with Gasteiger partial charge in [-0.2, -0.15) is 0 Å². The molecule has 0 fully saturated rings. The Kier molecular flexibility index (Phi) is 3.09. The summed E-state index contributed by atoms with van der Waals surface area (Å²) in [4.78, 5) is 25.8. The average Bonchev–Trinajstić information content (AvgIpc) is 2.90. The van der Waals surface area contributed by atoms with Crippen LogP contribution in [0.3, 0.4) is 0 Å². The summed E-state index contributed by atoms with van der Waals surface area (Å²) in [6, 6.07) is 4.62. The maximum absolute atomic E-state index is 11.1. The molecule has 2 aromatic rings. The zero-order chi connectivity index (χ0) is 15.0. The molecule has 0 saturated heterocycles. The number of fused-ring (bicyclic) bond motifs is 1. The molecule has 1 amide bonds. The van der Waals surface area contributed by atoms with Crippen molar-refractivity contribution in [3.05, 3.63) is 46.3 Å². The highest BCUT2D eigenvalue weighted by Crippen LogP contribution is 2.32. The van der Waals surface area contributed by atoms with E-state index in [1.54, 1.807) is 18.5 Å². The summed E-state index contributed by atoms with van der Waals surface area (Å²) in [6.45, 7) is 0.474. The van der Waals surface area contributed by atoms with Crippen LogP contribution in [-0.4, -0.2) is 32.6 Å². The van der Waals surface area contributed by atoms with Crippen molar-refractivity contribution in [3.63, 3.8) is 0 Å². The van der Waals surface area contributed by atoms with E-state index in [4.69, 9.17) is 5.11 Å². The Bertz CT molecular complexity index is 763. The molecule has 0 spiro atoms. The van der Waals surface area contributed by atoms with Gasteiger partial charge >= 0.3 is 6.09 Å². The monoisotopic (exact) mass is 287 g/mol. The maximum Gasteiger partial charge on any atom is 0.411 e. The van der Waals surface area contributed by atoms with E-state index in [-0.39, 0.29) is 5.69 Å². The number of benzene rings is 1. The van der Waals surface area contributed by atoms with Crippen molar-refractivity contribution in [3.8, 4) is 0 Å². The second-order valence-corrected chi connectivity index (χ2v) is 4.92. The van der Waals surface area contributed by atoms with E-state index < -0.39 is 11.0 Å². The predicted octanol–water partition coefficient (Wildman–Crippen LogP) is 3.19. The number of non-ortho nitro benzene ring substituents is 1. The fraction of sp³-hybridized carbons (Fsp3) is 0.214. The zero-order valence-electron chi connectivity index (χ0n) is 11.1. The smallest absolute Gasteiger partial charge is 0.411 e. The van der Waals surface area contributed by atoms with Crippen molar-refractivity contribution >= 4 is 28.3 Å². The van der Waals surface area contributed by atoms with Gasteiger partial charge in [0.1, 0.15) is 0 Å². The summed E-state index contributed by atoms with van der Waals surface area (Å²) < 4.78 is 0. The van der Waals surface area contributed by atoms with Crippen LogP contribution in [0.5, 0.6) is 0 Å². The van der Waals surface area contributed by atoms with Gasteiger partial charge in [-0.05, 0) is 24.5 Å². The summed E-state index contributed by atoms with van der Waals surface area (Å²) in [6.07, 6.45) is 3.87. The first-order valence-electron chi connectivity index (χ1n) is 6.52. The van der Waals surface area contributed by atoms with Crippen LogP contribution in [0.4, 0.5) is 10.5 Å². The van der Waals surface area contributed by atoms with Crippen molar-refractivity contribution in [2.45, 2.75) is 12.8 Å². The van der Waals surface area contributed by atoms with Gasteiger partial charge in [0.25, 0.3) is 5.69 Å². The Labute approximate surface area is 119 Å². The fourth-order valence-corrected chi connectivity index (χ4v) is 2.60. The molecule has 0 aliphatic carbocycles. The van der Waals surface area contributed by atoms with Gasteiger partial charge in [-0.1, -0.05) is 0 Å². The number of allylic oxidation sites excluding steroid dienone is 1. The quantitative estimate of drug-likeness (QED) is 0.654. The first kappa shape index (κ1) is 13.2. The number of nitrogens with one attached hydrogen (secondary N) is 1. The van der Waals surface area contributed by atoms with Crippen LogP contribution < -0.4 is 0 Å². The van der Waals surface area contributed by atoms with Crippen molar-refractivity contribution in [2.75, 3.05) is 6.54 Å². The Morgan fingerprint density at radius 3 is 2.95 bits per heavy atom. The van der Waals surface area contributed by atoms with Crippen LogP contribution in [0.25, 0.3) is 16.5 Å². The highest BCUT2D eigenvalue weighted by atomic mass is 16.6. The molecular weight excluding hydrogens is 274 g/mol. The molecule has 2 N–H and O–H groups in total. The SMILES string of the molecule is O=C(O)N1C=C(c2c[nH]c3ccc([N+](=O)[O-])cc23)CCC1. The number of rotatable bonds is 2. The number of hydrogen-bond acceptors (Lipinski definition) is 3. The third-order valence-electron chi connectivity index (χ3n) is 3.62. The molecule has 1 aliphatic rings. The molecule has 21 heavy (non-hydrogen) atoms. The molecule has 7 heteroatoms. The Balaban J connectivity index is 2.09. The maximum atomic E-state index is 11.1. The van der Waals surface area contributed by atoms with Gasteiger partial charge in [0.2, 0.25) is 0 Å². The normalized spacial score (nSPS) is 15.0. The molecule has 7 nitrogen and oxygen atoms in total. The molecule has 0 unspecified atom stereocenters. The lowest BCUT2D eigenvalue weighted by Crippen LogP contribution is -2.27. The highest BCUT2D eigenvalue weighted by molar-refractivity contribution is 5.94. The summed E-state index contributed by atoms with van der Waals surface area (Å²) in [5.74, 6) is 0. The minimum atomic E-state index is -0.988. The van der Waals surface area contributed by atoms with Gasteiger partial charge in [0.05, 0.1) is 4.92 Å².